The molecule has 216 valence electrons. The summed E-state index contributed by atoms with van der Waals surface area (Å²) in [6.45, 7) is 3.31. The number of nitrogens with one attached hydrogen (secondary N) is 1. The molecule has 0 bridgehead atoms. The van der Waals surface area contributed by atoms with E-state index in [9.17, 15) is 31.1 Å². The zero-order chi connectivity index (χ0) is 29.4. The third-order valence-electron chi connectivity index (χ3n) is 7.20. The van der Waals surface area contributed by atoms with Crippen molar-refractivity contribution in [2.75, 3.05) is 18.0 Å². The van der Waals surface area contributed by atoms with Gasteiger partial charge in [0.05, 0.1) is 22.3 Å². The molecule has 2 aromatic carbocycles. The van der Waals surface area contributed by atoms with E-state index in [1.165, 1.54) is 22.8 Å². The molecule has 12 heteroatoms. The largest absolute Gasteiger partial charge is 0.573 e. The maximum absolute atomic E-state index is 13.2. The Morgan fingerprint density at radius 2 is 1.63 bits per heavy atom. The molecule has 1 N–H and O–H groups in total. The molecule has 41 heavy (non-hydrogen) atoms. The predicted molar refractivity (Wildman–Crippen MR) is 140 cm³/mol. The van der Waals surface area contributed by atoms with Gasteiger partial charge in [0.15, 0.2) is 0 Å². The Kier molecular flexibility index (Phi) is 7.58. The number of alkyl halides is 6. The average molecular weight is 577 g/mol. The number of carbonyl (C=O) groups is 1. The fraction of sp³-hybridized carbons (Fsp3) is 0.310. The van der Waals surface area contributed by atoms with E-state index in [1.807, 2.05) is 24.3 Å². The molecule has 4 aromatic rings. The molecule has 1 aliphatic rings. The van der Waals surface area contributed by atoms with Crippen LogP contribution in [0.5, 0.6) is 5.75 Å². The van der Waals surface area contributed by atoms with Crippen LogP contribution in [0.15, 0.2) is 66.9 Å². The summed E-state index contributed by atoms with van der Waals surface area (Å²) in [6, 6.07) is 15.5. The van der Waals surface area contributed by atoms with Crippen molar-refractivity contribution in [1.82, 2.24) is 14.9 Å². The Morgan fingerprint density at radius 1 is 0.976 bits per heavy atom. The summed E-state index contributed by atoms with van der Waals surface area (Å²) >= 11 is 0. The van der Waals surface area contributed by atoms with Crippen LogP contribution in [-0.4, -0.2) is 35.0 Å². The topological polar surface area (TPSA) is 58.9 Å². The van der Waals surface area contributed by atoms with Crippen LogP contribution in [0.2, 0.25) is 0 Å². The maximum atomic E-state index is 13.2. The van der Waals surface area contributed by atoms with Crippen LogP contribution in [0.25, 0.3) is 5.52 Å². The number of ether oxygens (including phenoxy) is 1. The van der Waals surface area contributed by atoms with E-state index in [4.69, 9.17) is 0 Å². The second-order valence-electron chi connectivity index (χ2n) is 9.93. The molecule has 0 aliphatic carbocycles. The van der Waals surface area contributed by atoms with Crippen LogP contribution in [0.4, 0.5) is 32.0 Å². The Bertz CT molecular complexity index is 1520. The minimum atomic E-state index is -4.72. The van der Waals surface area contributed by atoms with Gasteiger partial charge >= 0.3 is 12.5 Å². The Balaban J connectivity index is 1.16. The number of halogens is 6. The minimum Gasteiger partial charge on any atom is -0.406 e. The lowest BCUT2D eigenvalue weighted by atomic mass is 9.89. The number of hydrogen-bond acceptors (Lipinski definition) is 4. The number of aryl methyl sites for hydroxylation is 1. The van der Waals surface area contributed by atoms with Gasteiger partial charge in [-0.3, -0.25) is 4.79 Å². The number of nitrogens with zero attached hydrogens (tertiary/aromatic N) is 3. The number of aromatic nitrogens is 2. The third kappa shape index (κ3) is 6.58. The Labute approximate surface area is 231 Å². The van der Waals surface area contributed by atoms with Crippen molar-refractivity contribution in [2.24, 2.45) is 0 Å². The predicted octanol–water partition coefficient (Wildman–Crippen LogP) is 6.87. The first-order chi connectivity index (χ1) is 19.4. The molecule has 3 heterocycles. The first-order valence-corrected chi connectivity index (χ1v) is 12.9. The number of benzene rings is 2. The van der Waals surface area contributed by atoms with Crippen LogP contribution >= 0.6 is 0 Å². The molecule has 0 radical (unpaired) electrons. The second-order valence-corrected chi connectivity index (χ2v) is 9.93. The van der Waals surface area contributed by atoms with Crippen LogP contribution in [0.1, 0.15) is 51.5 Å². The quantitative estimate of drug-likeness (QED) is 0.255. The van der Waals surface area contributed by atoms with Gasteiger partial charge in [-0.05, 0) is 73.2 Å². The standard InChI is InChI=1S/C29H26F6N4O2/c1-18-26(25-16-22(28(30,31)32)12-15-39(25)37-18)27(40)36-17-19-2-6-23(7-3-19)38-13-10-21(11-14-38)20-4-8-24(9-5-20)41-29(33,34)35/h2-9,12,15-16,21H,10-11,13-14,17H2,1H3,(H,36,40). The molecule has 5 rings (SSSR count). The summed E-state index contributed by atoms with van der Waals surface area (Å²) in [5.74, 6) is -0.517. The third-order valence-corrected chi connectivity index (χ3v) is 7.20. The number of piperidine rings is 1. The van der Waals surface area contributed by atoms with E-state index >= 15 is 0 Å². The van der Waals surface area contributed by atoms with Crippen LogP contribution in [0, 0.1) is 6.92 Å². The molecule has 0 atom stereocenters. The maximum Gasteiger partial charge on any atom is 0.573 e. The highest BCUT2D eigenvalue weighted by atomic mass is 19.4. The molecule has 0 unspecified atom stereocenters. The molecule has 1 fully saturated rings. The Hall–Kier alpha value is -4.22. The van der Waals surface area contributed by atoms with Gasteiger partial charge in [-0.15, -0.1) is 13.2 Å². The van der Waals surface area contributed by atoms with Gasteiger partial charge in [-0.25, -0.2) is 4.52 Å². The fourth-order valence-electron chi connectivity index (χ4n) is 5.13. The molecule has 2 aromatic heterocycles. The number of amides is 1. The Morgan fingerprint density at radius 3 is 2.24 bits per heavy atom. The summed E-state index contributed by atoms with van der Waals surface area (Å²) in [7, 11) is 0. The van der Waals surface area contributed by atoms with E-state index in [0.29, 0.717) is 5.69 Å². The van der Waals surface area contributed by atoms with Crippen LogP contribution < -0.4 is 15.0 Å². The smallest absolute Gasteiger partial charge is 0.406 e. The first-order valence-electron chi connectivity index (χ1n) is 12.9. The summed E-state index contributed by atoms with van der Waals surface area (Å²) in [5.41, 5.74) is 2.45. The molecular weight excluding hydrogens is 550 g/mol. The van der Waals surface area contributed by atoms with E-state index in [0.717, 1.165) is 54.9 Å². The van der Waals surface area contributed by atoms with Gasteiger partial charge in [-0.2, -0.15) is 18.3 Å². The van der Waals surface area contributed by atoms with Gasteiger partial charge in [0.2, 0.25) is 0 Å². The molecule has 1 amide bonds. The SMILES string of the molecule is Cc1nn2ccc(C(F)(F)F)cc2c1C(=O)NCc1ccc(N2CCC(c3ccc(OC(F)(F)F)cc3)CC2)cc1. The zero-order valence-electron chi connectivity index (χ0n) is 21.9. The number of pyridine rings is 1. The number of carbonyl (C=O) groups excluding carboxylic acids is 1. The summed E-state index contributed by atoms with van der Waals surface area (Å²) in [6.07, 6.45) is -6.39. The highest BCUT2D eigenvalue weighted by molar-refractivity contribution is 6.02. The highest BCUT2D eigenvalue weighted by Gasteiger charge is 2.32. The number of fused-ring (bicyclic) bond motifs is 1. The van der Waals surface area contributed by atoms with E-state index in [2.05, 4.69) is 20.1 Å². The molecule has 0 saturated carbocycles. The lowest BCUT2D eigenvalue weighted by Crippen LogP contribution is -2.32. The van der Waals surface area contributed by atoms with Crippen molar-refractivity contribution in [3.63, 3.8) is 0 Å². The lowest BCUT2D eigenvalue weighted by molar-refractivity contribution is -0.274. The molecule has 1 aliphatic heterocycles. The van der Waals surface area contributed by atoms with E-state index < -0.39 is 24.0 Å². The molecule has 6 nitrogen and oxygen atoms in total. The van der Waals surface area contributed by atoms with Gasteiger partial charge in [-0.1, -0.05) is 24.3 Å². The summed E-state index contributed by atoms with van der Waals surface area (Å²) in [5, 5.41) is 6.93. The van der Waals surface area contributed by atoms with E-state index in [1.54, 1.807) is 19.1 Å². The molecular formula is C29H26F6N4O2. The molecule has 0 spiro atoms. The first kappa shape index (κ1) is 28.3. The lowest BCUT2D eigenvalue weighted by Gasteiger charge is -2.34. The average Bonchev–Trinajstić information content (AvgIpc) is 3.26. The van der Waals surface area contributed by atoms with Crippen molar-refractivity contribution < 1.29 is 35.9 Å². The molecule has 1 saturated heterocycles. The minimum absolute atomic E-state index is 0.0826. The fourth-order valence-corrected chi connectivity index (χ4v) is 5.13. The van der Waals surface area contributed by atoms with Crippen molar-refractivity contribution in [1.29, 1.82) is 0 Å². The number of rotatable bonds is 6. The normalized spacial score (nSPS) is 14.9. The van der Waals surface area contributed by atoms with Crippen molar-refractivity contribution >= 4 is 17.1 Å². The van der Waals surface area contributed by atoms with E-state index in [-0.39, 0.29) is 29.3 Å². The monoisotopic (exact) mass is 576 g/mol. The van der Waals surface area contributed by atoms with Crippen molar-refractivity contribution in [3.05, 3.63) is 94.8 Å². The van der Waals surface area contributed by atoms with Crippen LogP contribution in [-0.2, 0) is 12.7 Å². The summed E-state index contributed by atoms with van der Waals surface area (Å²) in [4.78, 5) is 15.1. The van der Waals surface area contributed by atoms with Crippen molar-refractivity contribution in [3.8, 4) is 5.75 Å². The van der Waals surface area contributed by atoms with Gasteiger partial charge in [0, 0.05) is 31.5 Å². The number of hydrogen-bond donors (Lipinski definition) is 1. The van der Waals surface area contributed by atoms with Gasteiger partial charge in [0.25, 0.3) is 5.91 Å². The zero-order valence-corrected chi connectivity index (χ0v) is 21.9. The van der Waals surface area contributed by atoms with Crippen molar-refractivity contribution in [2.45, 2.75) is 44.8 Å². The van der Waals surface area contributed by atoms with Gasteiger partial charge in [0.1, 0.15) is 5.75 Å². The summed E-state index contributed by atoms with van der Waals surface area (Å²) < 4.78 is 81.9. The van der Waals surface area contributed by atoms with Gasteiger partial charge < -0.3 is 15.0 Å². The van der Waals surface area contributed by atoms with Crippen LogP contribution in [0.3, 0.4) is 0 Å². The highest BCUT2D eigenvalue weighted by Crippen LogP contribution is 2.33. The second kappa shape index (κ2) is 11.0. The number of anilines is 1.